The SMILES string of the molecule is O=S(=O)(CCO)Cc1csc(C2CCCCC2)n1. The predicted molar refractivity (Wildman–Crippen MR) is 72.5 cm³/mol. The largest absolute Gasteiger partial charge is 0.395 e. The van der Waals surface area contributed by atoms with Crippen molar-refractivity contribution in [2.45, 2.75) is 43.8 Å². The van der Waals surface area contributed by atoms with Crippen LogP contribution >= 0.6 is 11.3 Å². The lowest BCUT2D eigenvalue weighted by molar-refractivity contribution is 0.319. The summed E-state index contributed by atoms with van der Waals surface area (Å²) >= 11 is 1.58. The van der Waals surface area contributed by atoms with E-state index in [4.69, 9.17) is 5.11 Å². The maximum atomic E-state index is 11.6. The molecular weight excluding hydrogens is 270 g/mol. The molecule has 1 saturated carbocycles. The lowest BCUT2D eigenvalue weighted by Gasteiger charge is -2.18. The fraction of sp³-hybridized carbons (Fsp3) is 0.750. The van der Waals surface area contributed by atoms with Gasteiger partial charge in [-0.25, -0.2) is 13.4 Å². The van der Waals surface area contributed by atoms with E-state index in [2.05, 4.69) is 4.98 Å². The van der Waals surface area contributed by atoms with E-state index in [1.807, 2.05) is 5.38 Å². The molecule has 0 aromatic carbocycles. The summed E-state index contributed by atoms with van der Waals surface area (Å²) in [7, 11) is -3.21. The maximum Gasteiger partial charge on any atom is 0.158 e. The van der Waals surface area contributed by atoms with Crippen molar-refractivity contribution in [3.05, 3.63) is 16.1 Å². The van der Waals surface area contributed by atoms with Gasteiger partial charge in [-0.05, 0) is 12.8 Å². The zero-order valence-electron chi connectivity index (χ0n) is 10.3. The Morgan fingerprint density at radius 2 is 2.06 bits per heavy atom. The molecule has 18 heavy (non-hydrogen) atoms. The number of nitrogens with zero attached hydrogens (tertiary/aromatic N) is 1. The molecule has 1 fully saturated rings. The number of hydrogen-bond donors (Lipinski definition) is 1. The van der Waals surface area contributed by atoms with Crippen molar-refractivity contribution < 1.29 is 13.5 Å². The van der Waals surface area contributed by atoms with Gasteiger partial charge >= 0.3 is 0 Å². The molecule has 0 spiro atoms. The molecule has 1 aliphatic carbocycles. The van der Waals surface area contributed by atoms with Crippen LogP contribution in [-0.4, -0.2) is 30.9 Å². The highest BCUT2D eigenvalue weighted by Crippen LogP contribution is 2.34. The molecule has 0 unspecified atom stereocenters. The molecule has 1 aromatic heterocycles. The fourth-order valence-electron chi connectivity index (χ4n) is 2.36. The molecule has 4 nitrogen and oxygen atoms in total. The summed E-state index contributed by atoms with van der Waals surface area (Å²) in [6, 6.07) is 0. The van der Waals surface area contributed by atoms with Crippen molar-refractivity contribution in [3.8, 4) is 0 Å². The van der Waals surface area contributed by atoms with E-state index in [0.29, 0.717) is 11.6 Å². The maximum absolute atomic E-state index is 11.6. The Kier molecular flexibility index (Phi) is 4.75. The molecule has 2 rings (SSSR count). The van der Waals surface area contributed by atoms with Crippen LogP contribution in [-0.2, 0) is 15.6 Å². The minimum absolute atomic E-state index is 0.0449. The van der Waals surface area contributed by atoms with Crippen LogP contribution in [0.15, 0.2) is 5.38 Å². The second-order valence-electron chi connectivity index (χ2n) is 4.83. The number of aliphatic hydroxyl groups is 1. The van der Waals surface area contributed by atoms with E-state index in [-0.39, 0.29) is 18.1 Å². The Bertz CT molecular complexity index is 475. The number of aliphatic hydroxyl groups excluding tert-OH is 1. The summed E-state index contributed by atoms with van der Waals surface area (Å²) in [4.78, 5) is 4.46. The average molecular weight is 289 g/mol. The third-order valence-corrected chi connectivity index (χ3v) is 5.89. The quantitative estimate of drug-likeness (QED) is 0.901. The van der Waals surface area contributed by atoms with Crippen molar-refractivity contribution in [1.29, 1.82) is 0 Å². The molecule has 1 aliphatic rings. The van der Waals surface area contributed by atoms with E-state index in [9.17, 15) is 8.42 Å². The standard InChI is InChI=1S/C12H19NO3S2/c14-6-7-18(15,16)9-11-8-17-12(13-11)10-4-2-1-3-5-10/h8,10,14H,1-7,9H2. The van der Waals surface area contributed by atoms with Gasteiger partial charge in [0.25, 0.3) is 0 Å². The first-order valence-corrected chi connectivity index (χ1v) is 9.06. The third-order valence-electron chi connectivity index (χ3n) is 3.29. The van der Waals surface area contributed by atoms with Gasteiger partial charge in [0.2, 0.25) is 0 Å². The first-order valence-electron chi connectivity index (χ1n) is 6.36. The lowest BCUT2D eigenvalue weighted by atomic mass is 9.90. The number of rotatable bonds is 5. The highest BCUT2D eigenvalue weighted by molar-refractivity contribution is 7.90. The molecule has 0 radical (unpaired) electrons. The Labute approximate surface area is 112 Å². The van der Waals surface area contributed by atoms with Crippen LogP contribution in [0.2, 0.25) is 0 Å². The fourth-order valence-corrected chi connectivity index (χ4v) is 4.48. The zero-order valence-corrected chi connectivity index (χ0v) is 12.0. The second-order valence-corrected chi connectivity index (χ2v) is 7.90. The van der Waals surface area contributed by atoms with Crippen LogP contribution in [0.25, 0.3) is 0 Å². The summed E-state index contributed by atoms with van der Waals surface area (Å²) in [6.45, 7) is -0.318. The first kappa shape index (κ1) is 14.0. The molecular formula is C12H19NO3S2. The summed E-state index contributed by atoms with van der Waals surface area (Å²) < 4.78 is 23.2. The average Bonchev–Trinajstić information content (AvgIpc) is 2.77. The summed E-state index contributed by atoms with van der Waals surface area (Å²) in [5, 5.41) is 11.6. The molecule has 0 amide bonds. The van der Waals surface area contributed by atoms with Gasteiger partial charge in [-0.3, -0.25) is 0 Å². The van der Waals surface area contributed by atoms with E-state index >= 15 is 0 Å². The molecule has 6 heteroatoms. The van der Waals surface area contributed by atoms with Crippen LogP contribution in [0, 0.1) is 0 Å². The van der Waals surface area contributed by atoms with E-state index < -0.39 is 9.84 Å². The highest BCUT2D eigenvalue weighted by Gasteiger charge is 2.20. The Morgan fingerprint density at radius 3 is 2.72 bits per heavy atom. The van der Waals surface area contributed by atoms with Crippen LogP contribution in [0.5, 0.6) is 0 Å². The Hall–Kier alpha value is -0.460. The molecule has 1 aromatic rings. The number of sulfone groups is 1. The highest BCUT2D eigenvalue weighted by atomic mass is 32.2. The molecule has 0 atom stereocenters. The van der Waals surface area contributed by atoms with E-state index in [1.165, 1.54) is 32.1 Å². The van der Waals surface area contributed by atoms with Gasteiger partial charge in [0, 0.05) is 11.3 Å². The van der Waals surface area contributed by atoms with E-state index in [0.717, 1.165) is 5.01 Å². The summed E-state index contributed by atoms with van der Waals surface area (Å²) in [5.74, 6) is 0.304. The second kappa shape index (κ2) is 6.12. The minimum atomic E-state index is -3.21. The predicted octanol–water partition coefficient (Wildman–Crippen LogP) is 2.10. The van der Waals surface area contributed by atoms with Crippen molar-refractivity contribution >= 4 is 21.2 Å². The van der Waals surface area contributed by atoms with Gasteiger partial charge in [0.15, 0.2) is 9.84 Å². The minimum Gasteiger partial charge on any atom is -0.395 e. The topological polar surface area (TPSA) is 67.3 Å². The van der Waals surface area contributed by atoms with E-state index in [1.54, 1.807) is 11.3 Å². The van der Waals surface area contributed by atoms with Crippen LogP contribution < -0.4 is 0 Å². The number of thiazole rings is 1. The van der Waals surface area contributed by atoms with Gasteiger partial charge in [-0.2, -0.15) is 0 Å². The van der Waals surface area contributed by atoms with Crippen LogP contribution in [0.4, 0.5) is 0 Å². The van der Waals surface area contributed by atoms with Crippen LogP contribution in [0.3, 0.4) is 0 Å². The van der Waals surface area contributed by atoms with Gasteiger partial charge in [-0.1, -0.05) is 19.3 Å². The summed E-state index contributed by atoms with van der Waals surface area (Å²) in [5.41, 5.74) is 0.633. The van der Waals surface area contributed by atoms with Gasteiger partial charge in [-0.15, -0.1) is 11.3 Å². The summed E-state index contributed by atoms with van der Waals surface area (Å²) in [6.07, 6.45) is 6.16. The molecule has 0 aliphatic heterocycles. The molecule has 1 heterocycles. The number of aromatic nitrogens is 1. The van der Waals surface area contributed by atoms with Crippen molar-refractivity contribution in [1.82, 2.24) is 4.98 Å². The van der Waals surface area contributed by atoms with Gasteiger partial charge in [0.1, 0.15) is 0 Å². The Balaban J connectivity index is 2.01. The molecule has 102 valence electrons. The van der Waals surface area contributed by atoms with Gasteiger partial charge < -0.3 is 5.11 Å². The van der Waals surface area contributed by atoms with Crippen molar-refractivity contribution in [3.63, 3.8) is 0 Å². The molecule has 0 bridgehead atoms. The lowest BCUT2D eigenvalue weighted by Crippen LogP contribution is -2.12. The first-order chi connectivity index (χ1) is 8.61. The smallest absolute Gasteiger partial charge is 0.158 e. The third kappa shape index (κ3) is 3.76. The Morgan fingerprint density at radius 1 is 1.33 bits per heavy atom. The van der Waals surface area contributed by atoms with Gasteiger partial charge in [0.05, 0.1) is 28.8 Å². The van der Waals surface area contributed by atoms with Crippen molar-refractivity contribution in [2.24, 2.45) is 0 Å². The zero-order chi connectivity index (χ0) is 13.0. The molecule has 0 saturated heterocycles. The van der Waals surface area contributed by atoms with Crippen LogP contribution in [0.1, 0.15) is 48.7 Å². The normalized spacial score (nSPS) is 18.1. The van der Waals surface area contributed by atoms with Crippen molar-refractivity contribution in [2.75, 3.05) is 12.4 Å². The monoisotopic (exact) mass is 289 g/mol. The number of hydrogen-bond acceptors (Lipinski definition) is 5. The molecule has 1 N–H and O–H groups in total.